The van der Waals surface area contributed by atoms with Crippen LogP contribution in [-0.2, 0) is 24.2 Å². The summed E-state index contributed by atoms with van der Waals surface area (Å²) in [7, 11) is 0. The van der Waals surface area contributed by atoms with Crippen molar-refractivity contribution in [3.63, 3.8) is 0 Å². The number of carbonyl (C=O) groups is 1. The van der Waals surface area contributed by atoms with E-state index in [1.165, 1.54) is 22.2 Å². The van der Waals surface area contributed by atoms with Crippen LogP contribution in [-0.4, -0.2) is 21.2 Å². The molecule has 1 atom stereocenters. The lowest BCUT2D eigenvalue weighted by Crippen LogP contribution is -2.26. The summed E-state index contributed by atoms with van der Waals surface area (Å²) in [5, 5.41) is 4.28. The molecule has 1 aliphatic carbocycles. The molecule has 1 unspecified atom stereocenters. The van der Waals surface area contributed by atoms with Gasteiger partial charge in [-0.05, 0) is 48.4 Å². The Hall–Kier alpha value is -2.90. The number of para-hydroxylation sites is 1. The van der Waals surface area contributed by atoms with E-state index >= 15 is 0 Å². The molecule has 5 nitrogen and oxygen atoms in total. The fourth-order valence-corrected chi connectivity index (χ4v) is 6.72. The molecule has 5 rings (SSSR count). The van der Waals surface area contributed by atoms with Crippen molar-refractivity contribution in [3.05, 3.63) is 87.0 Å². The molecule has 0 fully saturated rings. The largest absolute Gasteiger partial charge is 0.351 e. The number of carbonyl (C=O) groups excluding carboxylic acids is 1. The number of hydrogen-bond donors (Lipinski definition) is 1. The minimum absolute atomic E-state index is 0.0316. The van der Waals surface area contributed by atoms with E-state index in [0.29, 0.717) is 17.6 Å². The van der Waals surface area contributed by atoms with E-state index in [2.05, 4.69) is 12.2 Å². The van der Waals surface area contributed by atoms with Gasteiger partial charge in [0.1, 0.15) is 4.83 Å². The SMILES string of the molecule is CCC1CCc2c(sc3nc(SCC(=O)NCc4ccccc4)n(-c4ccccc4)c(=O)c23)C1. The molecule has 0 saturated heterocycles. The first kappa shape index (κ1) is 22.9. The molecular weight excluding hydrogens is 462 g/mol. The van der Waals surface area contributed by atoms with Gasteiger partial charge in [-0.3, -0.25) is 14.2 Å². The van der Waals surface area contributed by atoms with Crippen LogP contribution in [0.3, 0.4) is 0 Å². The zero-order chi connectivity index (χ0) is 23.5. The Morgan fingerprint density at radius 1 is 1.15 bits per heavy atom. The number of hydrogen-bond acceptors (Lipinski definition) is 5. The van der Waals surface area contributed by atoms with Crippen LogP contribution in [0, 0.1) is 5.92 Å². The van der Waals surface area contributed by atoms with E-state index < -0.39 is 0 Å². The predicted octanol–water partition coefficient (Wildman–Crippen LogP) is 5.37. The maximum absolute atomic E-state index is 13.8. The normalized spacial score (nSPS) is 15.3. The van der Waals surface area contributed by atoms with Crippen molar-refractivity contribution < 1.29 is 4.79 Å². The molecule has 0 spiro atoms. The van der Waals surface area contributed by atoms with Crippen molar-refractivity contribution in [3.8, 4) is 5.69 Å². The van der Waals surface area contributed by atoms with Gasteiger partial charge in [-0.25, -0.2) is 4.98 Å². The van der Waals surface area contributed by atoms with E-state index in [9.17, 15) is 9.59 Å². The molecule has 0 aliphatic heterocycles. The number of thiophene rings is 1. The summed E-state index contributed by atoms with van der Waals surface area (Å²) in [5.74, 6) is 0.791. The van der Waals surface area contributed by atoms with Gasteiger partial charge in [0, 0.05) is 11.4 Å². The lowest BCUT2D eigenvalue weighted by atomic mass is 9.86. The lowest BCUT2D eigenvalue weighted by Gasteiger charge is -2.20. The zero-order valence-electron chi connectivity index (χ0n) is 19.1. The number of aryl methyl sites for hydroxylation is 1. The minimum atomic E-state index is -0.0842. The molecule has 0 saturated carbocycles. The number of fused-ring (bicyclic) bond motifs is 3. The van der Waals surface area contributed by atoms with Gasteiger partial charge < -0.3 is 5.32 Å². The van der Waals surface area contributed by atoms with Gasteiger partial charge in [0.2, 0.25) is 5.91 Å². The Labute approximate surface area is 207 Å². The first-order valence-corrected chi connectivity index (χ1v) is 13.5. The minimum Gasteiger partial charge on any atom is -0.351 e. The molecule has 1 amide bonds. The molecule has 0 radical (unpaired) electrons. The number of aromatic nitrogens is 2. The Kier molecular flexibility index (Phi) is 6.83. The summed E-state index contributed by atoms with van der Waals surface area (Å²) >= 11 is 2.97. The van der Waals surface area contributed by atoms with Gasteiger partial charge in [-0.1, -0.05) is 73.6 Å². The summed E-state index contributed by atoms with van der Waals surface area (Å²) in [5.41, 5.74) is 2.98. The van der Waals surface area contributed by atoms with Crippen molar-refractivity contribution in [2.75, 3.05) is 5.75 Å². The third-order valence-corrected chi connectivity index (χ3v) is 8.50. The number of rotatable bonds is 7. The fourth-order valence-electron chi connectivity index (χ4n) is 4.50. The molecular formula is C27H27N3O2S2. The Balaban J connectivity index is 1.46. The summed E-state index contributed by atoms with van der Waals surface area (Å²) in [6, 6.07) is 19.4. The van der Waals surface area contributed by atoms with Crippen LogP contribution < -0.4 is 10.9 Å². The van der Waals surface area contributed by atoms with Crippen molar-refractivity contribution in [1.82, 2.24) is 14.9 Å². The molecule has 34 heavy (non-hydrogen) atoms. The second-order valence-corrected chi connectivity index (χ2v) is 10.6. The first-order chi connectivity index (χ1) is 16.6. The van der Waals surface area contributed by atoms with Crippen LogP contribution >= 0.6 is 23.1 Å². The third kappa shape index (κ3) is 4.68. The van der Waals surface area contributed by atoms with E-state index in [0.717, 1.165) is 47.2 Å². The average molecular weight is 490 g/mol. The number of thioether (sulfide) groups is 1. The van der Waals surface area contributed by atoms with Crippen LogP contribution in [0.4, 0.5) is 0 Å². The van der Waals surface area contributed by atoms with E-state index in [-0.39, 0.29) is 17.2 Å². The second-order valence-electron chi connectivity index (χ2n) is 8.62. The predicted molar refractivity (Wildman–Crippen MR) is 140 cm³/mol. The molecule has 4 aromatic rings. The van der Waals surface area contributed by atoms with Crippen molar-refractivity contribution in [1.29, 1.82) is 0 Å². The zero-order valence-corrected chi connectivity index (χ0v) is 20.8. The number of benzene rings is 2. The maximum Gasteiger partial charge on any atom is 0.267 e. The summed E-state index contributed by atoms with van der Waals surface area (Å²) in [6.07, 6.45) is 4.25. The molecule has 174 valence electrons. The topological polar surface area (TPSA) is 64.0 Å². The average Bonchev–Trinajstić information content (AvgIpc) is 3.25. The number of nitrogens with one attached hydrogen (secondary N) is 1. The van der Waals surface area contributed by atoms with Gasteiger partial charge in [0.25, 0.3) is 5.56 Å². The molecule has 2 aromatic heterocycles. The summed E-state index contributed by atoms with van der Waals surface area (Å²) < 4.78 is 1.68. The molecule has 1 N–H and O–H groups in total. The van der Waals surface area contributed by atoms with Crippen LogP contribution in [0.15, 0.2) is 70.6 Å². The maximum atomic E-state index is 13.8. The smallest absolute Gasteiger partial charge is 0.267 e. The van der Waals surface area contributed by atoms with Gasteiger partial charge >= 0.3 is 0 Å². The lowest BCUT2D eigenvalue weighted by molar-refractivity contribution is -0.118. The van der Waals surface area contributed by atoms with Crippen LogP contribution in [0.2, 0.25) is 0 Å². The Morgan fingerprint density at radius 3 is 2.62 bits per heavy atom. The second kappa shape index (κ2) is 10.2. The van der Waals surface area contributed by atoms with Crippen LogP contribution in [0.5, 0.6) is 0 Å². The van der Waals surface area contributed by atoms with Crippen molar-refractivity contribution in [2.24, 2.45) is 5.92 Å². The molecule has 2 aromatic carbocycles. The van der Waals surface area contributed by atoms with Crippen molar-refractivity contribution in [2.45, 2.75) is 44.3 Å². The van der Waals surface area contributed by atoms with E-state index in [4.69, 9.17) is 4.98 Å². The Morgan fingerprint density at radius 2 is 1.88 bits per heavy atom. The molecule has 2 heterocycles. The summed E-state index contributed by atoms with van der Waals surface area (Å²) in [4.78, 5) is 33.4. The molecule has 7 heteroatoms. The van der Waals surface area contributed by atoms with Crippen LogP contribution in [0.1, 0.15) is 35.8 Å². The monoisotopic (exact) mass is 489 g/mol. The highest BCUT2D eigenvalue weighted by molar-refractivity contribution is 7.99. The standard InChI is InChI=1S/C27H27N3O2S2/c1-2-18-13-14-21-22(15-18)34-25-24(21)26(32)30(20-11-7-4-8-12-20)27(29-25)33-17-23(31)28-16-19-9-5-3-6-10-19/h3-12,18H,2,13-17H2,1H3,(H,28,31). The van der Waals surface area contributed by atoms with Crippen molar-refractivity contribution >= 4 is 39.2 Å². The molecule has 1 aliphatic rings. The third-order valence-electron chi connectivity index (χ3n) is 6.41. The van der Waals surface area contributed by atoms with Gasteiger partial charge in [0.15, 0.2) is 5.16 Å². The van der Waals surface area contributed by atoms with Crippen LogP contribution in [0.25, 0.3) is 15.9 Å². The quantitative estimate of drug-likeness (QED) is 0.280. The van der Waals surface area contributed by atoms with Gasteiger partial charge in [-0.15, -0.1) is 11.3 Å². The van der Waals surface area contributed by atoms with Gasteiger partial charge in [0.05, 0.1) is 16.8 Å². The van der Waals surface area contributed by atoms with Gasteiger partial charge in [-0.2, -0.15) is 0 Å². The highest BCUT2D eigenvalue weighted by Crippen LogP contribution is 2.37. The summed E-state index contributed by atoms with van der Waals surface area (Å²) in [6.45, 7) is 2.72. The highest BCUT2D eigenvalue weighted by Gasteiger charge is 2.26. The fraction of sp³-hybridized carbons (Fsp3) is 0.296. The first-order valence-electron chi connectivity index (χ1n) is 11.7. The number of amides is 1. The van der Waals surface area contributed by atoms with E-state index in [1.807, 2.05) is 60.7 Å². The molecule has 0 bridgehead atoms. The number of nitrogens with zero attached hydrogens (tertiary/aromatic N) is 2. The highest BCUT2D eigenvalue weighted by atomic mass is 32.2. The Bertz CT molecular complexity index is 1360. The van der Waals surface area contributed by atoms with E-state index in [1.54, 1.807) is 15.9 Å².